The van der Waals surface area contributed by atoms with Crippen LogP contribution < -0.4 is 11.5 Å². The Morgan fingerprint density at radius 3 is 2.83 bits per heavy atom. The van der Waals surface area contributed by atoms with Gasteiger partial charge in [-0.15, -0.1) is 0 Å². The van der Waals surface area contributed by atoms with Crippen LogP contribution in [0.5, 0.6) is 0 Å². The maximum absolute atomic E-state index is 11.9. The number of likely N-dealkylation sites (tertiary alicyclic amines) is 1. The fourth-order valence-electron chi connectivity index (χ4n) is 3.15. The van der Waals surface area contributed by atoms with Crippen molar-refractivity contribution < 1.29 is 9.59 Å². The quantitative estimate of drug-likeness (QED) is 0.887. The number of aromatic nitrogens is 2. The number of benzene rings is 1. The summed E-state index contributed by atoms with van der Waals surface area (Å²) in [6.07, 6.45) is 3.36. The number of nitrogens with two attached hydrogens (primary N) is 2. The number of amides is 2. The van der Waals surface area contributed by atoms with Gasteiger partial charge in [0.05, 0.1) is 11.7 Å². The van der Waals surface area contributed by atoms with E-state index in [9.17, 15) is 9.59 Å². The largest absolute Gasteiger partial charge is 0.368 e. The molecule has 1 aliphatic heterocycles. The van der Waals surface area contributed by atoms with Crippen LogP contribution in [0.4, 0.5) is 5.95 Å². The lowest BCUT2D eigenvalue weighted by atomic mass is 9.98. The maximum Gasteiger partial charge on any atom is 0.248 e. The normalized spacial score (nSPS) is 17.0. The Morgan fingerprint density at radius 1 is 1.33 bits per heavy atom. The average molecular weight is 325 g/mol. The van der Waals surface area contributed by atoms with Crippen LogP contribution in [-0.4, -0.2) is 33.2 Å². The summed E-state index contributed by atoms with van der Waals surface area (Å²) < 4.78 is 0. The third kappa shape index (κ3) is 2.92. The molecule has 7 nitrogen and oxygen atoms in total. The zero-order valence-electron chi connectivity index (χ0n) is 13.4. The molecule has 7 heteroatoms. The molecule has 124 valence electrons. The zero-order valence-corrected chi connectivity index (χ0v) is 13.4. The molecule has 1 aromatic carbocycles. The van der Waals surface area contributed by atoms with Gasteiger partial charge < -0.3 is 16.4 Å². The van der Waals surface area contributed by atoms with Crippen molar-refractivity contribution >= 4 is 17.8 Å². The minimum Gasteiger partial charge on any atom is -0.368 e. The molecule has 2 amide bonds. The highest BCUT2D eigenvalue weighted by Gasteiger charge is 2.31. The number of nitrogen functional groups attached to an aromatic ring is 1. The summed E-state index contributed by atoms with van der Waals surface area (Å²) in [5.74, 6) is -0.331. The summed E-state index contributed by atoms with van der Waals surface area (Å²) in [7, 11) is 0. The third-order valence-electron chi connectivity index (χ3n) is 4.27. The highest BCUT2D eigenvalue weighted by molar-refractivity contribution is 5.94. The van der Waals surface area contributed by atoms with Crippen molar-refractivity contribution in [2.24, 2.45) is 5.73 Å². The lowest BCUT2D eigenvalue weighted by Gasteiger charge is -2.24. The molecule has 0 unspecified atom stereocenters. The van der Waals surface area contributed by atoms with Crippen LogP contribution in [0.25, 0.3) is 11.1 Å². The fourth-order valence-corrected chi connectivity index (χ4v) is 3.15. The Kier molecular flexibility index (Phi) is 4.16. The summed E-state index contributed by atoms with van der Waals surface area (Å²) in [6, 6.07) is 6.83. The van der Waals surface area contributed by atoms with Gasteiger partial charge in [-0.3, -0.25) is 9.59 Å². The Bertz CT molecular complexity index is 805. The van der Waals surface area contributed by atoms with E-state index in [2.05, 4.69) is 9.97 Å². The van der Waals surface area contributed by atoms with Gasteiger partial charge >= 0.3 is 0 Å². The first-order valence-corrected chi connectivity index (χ1v) is 7.77. The predicted molar refractivity (Wildman–Crippen MR) is 89.8 cm³/mol. The van der Waals surface area contributed by atoms with E-state index in [0.29, 0.717) is 17.8 Å². The Hall–Kier alpha value is -2.96. The second kappa shape index (κ2) is 6.27. The van der Waals surface area contributed by atoms with Gasteiger partial charge in [0, 0.05) is 30.8 Å². The van der Waals surface area contributed by atoms with Crippen LogP contribution in [0.1, 0.15) is 41.9 Å². The Morgan fingerprint density at radius 2 is 2.12 bits per heavy atom. The molecular weight excluding hydrogens is 306 g/mol. The predicted octanol–water partition coefficient (Wildman–Crippen LogP) is 1.51. The molecule has 0 spiro atoms. The van der Waals surface area contributed by atoms with Crippen LogP contribution in [0.2, 0.25) is 0 Å². The number of carbonyl (C=O) groups excluding carboxylic acids is 2. The van der Waals surface area contributed by atoms with Gasteiger partial charge in [0.1, 0.15) is 0 Å². The van der Waals surface area contributed by atoms with Gasteiger partial charge in [0.2, 0.25) is 17.8 Å². The maximum atomic E-state index is 11.9. The minimum atomic E-state index is -0.499. The molecule has 0 saturated carbocycles. The van der Waals surface area contributed by atoms with E-state index in [1.807, 2.05) is 6.07 Å². The minimum absolute atomic E-state index is 0.00604. The molecule has 0 bridgehead atoms. The van der Waals surface area contributed by atoms with Gasteiger partial charge in [-0.1, -0.05) is 12.1 Å². The number of nitrogens with zero attached hydrogens (tertiary/aromatic N) is 3. The summed E-state index contributed by atoms with van der Waals surface area (Å²) in [6.45, 7) is 2.25. The van der Waals surface area contributed by atoms with Crippen LogP contribution in [-0.2, 0) is 4.79 Å². The van der Waals surface area contributed by atoms with E-state index >= 15 is 0 Å². The molecule has 24 heavy (non-hydrogen) atoms. The van der Waals surface area contributed by atoms with E-state index < -0.39 is 5.91 Å². The van der Waals surface area contributed by atoms with E-state index in [-0.39, 0.29) is 17.9 Å². The van der Waals surface area contributed by atoms with Crippen LogP contribution in [0, 0.1) is 0 Å². The van der Waals surface area contributed by atoms with Crippen molar-refractivity contribution in [3.8, 4) is 11.1 Å². The molecule has 2 aromatic rings. The zero-order chi connectivity index (χ0) is 17.3. The third-order valence-corrected chi connectivity index (χ3v) is 4.27. The van der Waals surface area contributed by atoms with Crippen molar-refractivity contribution in [2.45, 2.75) is 25.8 Å². The number of carbonyl (C=O) groups is 2. The average Bonchev–Trinajstić information content (AvgIpc) is 3.04. The molecule has 3 rings (SSSR count). The topological polar surface area (TPSA) is 115 Å². The highest BCUT2D eigenvalue weighted by atomic mass is 16.2. The van der Waals surface area contributed by atoms with Crippen molar-refractivity contribution in [3.63, 3.8) is 0 Å². The fraction of sp³-hybridized carbons (Fsp3) is 0.294. The number of rotatable bonds is 3. The number of hydrogen-bond donors (Lipinski definition) is 2. The summed E-state index contributed by atoms with van der Waals surface area (Å²) >= 11 is 0. The Balaban J connectivity index is 2.11. The number of anilines is 1. The lowest BCUT2D eigenvalue weighted by Crippen LogP contribution is -2.29. The van der Waals surface area contributed by atoms with E-state index in [0.717, 1.165) is 24.0 Å². The van der Waals surface area contributed by atoms with Crippen LogP contribution in [0.15, 0.2) is 30.5 Å². The van der Waals surface area contributed by atoms with Gasteiger partial charge in [-0.25, -0.2) is 9.97 Å². The second-order valence-corrected chi connectivity index (χ2v) is 5.84. The molecule has 4 N–H and O–H groups in total. The monoisotopic (exact) mass is 325 g/mol. The smallest absolute Gasteiger partial charge is 0.248 e. The summed E-state index contributed by atoms with van der Waals surface area (Å²) in [5, 5.41) is 0. The lowest BCUT2D eigenvalue weighted by molar-refractivity contribution is -0.129. The molecule has 1 atom stereocenters. The Labute approximate surface area is 139 Å². The number of hydrogen-bond acceptors (Lipinski definition) is 5. The van der Waals surface area contributed by atoms with Gasteiger partial charge in [-0.05, 0) is 30.5 Å². The molecule has 1 aliphatic rings. The van der Waals surface area contributed by atoms with Gasteiger partial charge in [0.25, 0.3) is 0 Å². The molecule has 0 aliphatic carbocycles. The first-order chi connectivity index (χ1) is 11.5. The van der Waals surface area contributed by atoms with Crippen molar-refractivity contribution in [3.05, 3.63) is 41.7 Å². The second-order valence-electron chi connectivity index (χ2n) is 5.84. The molecule has 1 saturated heterocycles. The number of primary amides is 1. The van der Waals surface area contributed by atoms with Crippen molar-refractivity contribution in [1.82, 2.24) is 14.9 Å². The van der Waals surface area contributed by atoms with Crippen molar-refractivity contribution in [1.29, 1.82) is 0 Å². The molecule has 0 radical (unpaired) electrons. The van der Waals surface area contributed by atoms with Gasteiger partial charge in [0.15, 0.2) is 0 Å². The van der Waals surface area contributed by atoms with E-state index in [1.54, 1.807) is 36.2 Å². The SMILES string of the molecule is CC(=O)N1CCC[C@@H]1c1nc(N)ncc1-c1cccc(C(N)=O)c1. The standard InChI is InChI=1S/C17H19N5O2/c1-10(23)22-7-3-6-14(22)15-13(9-20-17(19)21-15)11-4-2-5-12(8-11)16(18)24/h2,4-5,8-9,14H,3,6-7H2,1H3,(H2,18,24)(H2,19,20,21)/t14-/m1/s1. The van der Waals surface area contributed by atoms with Crippen molar-refractivity contribution in [2.75, 3.05) is 12.3 Å². The summed E-state index contributed by atoms with van der Waals surface area (Å²) in [5.41, 5.74) is 13.8. The molecule has 1 fully saturated rings. The molecule has 2 heterocycles. The van der Waals surface area contributed by atoms with E-state index in [1.165, 1.54) is 0 Å². The molecular formula is C17H19N5O2. The first kappa shape index (κ1) is 15.9. The van der Waals surface area contributed by atoms with Gasteiger partial charge in [-0.2, -0.15) is 0 Å². The summed E-state index contributed by atoms with van der Waals surface area (Å²) in [4.78, 5) is 33.6. The van der Waals surface area contributed by atoms with Crippen LogP contribution in [0.3, 0.4) is 0 Å². The first-order valence-electron chi connectivity index (χ1n) is 7.77. The van der Waals surface area contributed by atoms with E-state index in [4.69, 9.17) is 11.5 Å². The highest BCUT2D eigenvalue weighted by Crippen LogP contribution is 2.36. The molecule has 1 aromatic heterocycles. The van der Waals surface area contributed by atoms with Crippen LogP contribution >= 0.6 is 0 Å².